The number of halogens is 4. The number of hydrogen-bond donors (Lipinski definition) is 2. The van der Waals surface area contributed by atoms with E-state index in [-0.39, 0.29) is 150 Å². The van der Waals surface area contributed by atoms with Gasteiger partial charge in [-0.25, -0.2) is 0 Å². The standard InChI is InChI=1S/2C4H10ClO3P.2C3H8BrO3P.2CH3.2Mg.2Zn/c2*1-2-8-9(6,7)4-3-5;2*1-7-8(5,6)3-2-4;;;;;;/h2*2-4H2,1H3,(H,6,7);2*2-3H2,1H3,(H,5,6);2*1H3;;;;/q;;;;2*-1;2*+2;;/p-2. The van der Waals surface area contributed by atoms with Gasteiger partial charge in [-0.05, 0) is 13.8 Å². The van der Waals surface area contributed by atoms with Crippen LogP contribution in [0.15, 0.2) is 0 Å². The first-order valence-corrected chi connectivity index (χ1v) is 19.7. The second kappa shape index (κ2) is 43.9. The second-order valence-corrected chi connectivity index (χ2v) is 15.7. The van der Waals surface area contributed by atoms with E-state index in [1.54, 1.807) is 13.8 Å². The van der Waals surface area contributed by atoms with Crippen LogP contribution in [0.2, 0.25) is 0 Å². The van der Waals surface area contributed by atoms with Crippen LogP contribution in [0.25, 0.3) is 0 Å². The fourth-order valence-corrected chi connectivity index (χ4v) is 7.29. The molecule has 4 atom stereocenters. The minimum absolute atomic E-state index is 0. The largest absolute Gasteiger partial charge is 2.00 e. The van der Waals surface area contributed by atoms with Crippen molar-refractivity contribution in [2.45, 2.75) is 13.8 Å². The van der Waals surface area contributed by atoms with E-state index in [0.717, 1.165) is 14.2 Å². The molecule has 0 aromatic rings. The molecule has 0 aliphatic rings. The Morgan fingerprint density at radius 2 is 0.900 bits per heavy atom. The molecule has 0 aromatic carbocycles. The second-order valence-electron chi connectivity index (χ2n) is 5.35. The zero-order valence-corrected chi connectivity index (χ0v) is 41.2. The third-order valence-electron chi connectivity index (χ3n) is 2.67. The van der Waals surface area contributed by atoms with Crippen LogP contribution in [-0.2, 0) is 75.3 Å². The molecule has 12 nitrogen and oxygen atoms in total. The van der Waals surface area contributed by atoms with E-state index >= 15 is 0 Å². The summed E-state index contributed by atoms with van der Waals surface area (Å²) in [7, 11) is -11.3. The van der Waals surface area contributed by atoms with Gasteiger partial charge in [0, 0.05) is 87.9 Å². The van der Waals surface area contributed by atoms with Crippen molar-refractivity contribution in [2.24, 2.45) is 0 Å². The minimum Gasteiger partial charge on any atom is -0.778 e. The van der Waals surface area contributed by atoms with Crippen molar-refractivity contribution in [3.8, 4) is 0 Å². The molecule has 0 aromatic heterocycles. The molecule has 0 spiro atoms. The molecule has 4 unspecified atom stereocenters. The van der Waals surface area contributed by atoms with Gasteiger partial charge in [0.15, 0.2) is 0 Å². The van der Waals surface area contributed by atoms with Crippen LogP contribution < -0.4 is 9.79 Å². The molecule has 24 heteroatoms. The van der Waals surface area contributed by atoms with Gasteiger partial charge in [0.1, 0.15) is 15.2 Å². The van der Waals surface area contributed by atoms with Gasteiger partial charge in [0.2, 0.25) is 0 Å². The topological polar surface area (TPSA) is 192 Å². The van der Waals surface area contributed by atoms with E-state index in [1.807, 2.05) is 0 Å². The van der Waals surface area contributed by atoms with Crippen LogP contribution in [-0.4, -0.2) is 130 Å². The minimum atomic E-state index is -3.47. The average Bonchev–Trinajstić information content (AvgIpc) is 2.69. The van der Waals surface area contributed by atoms with Crippen molar-refractivity contribution in [3.63, 3.8) is 0 Å². The summed E-state index contributed by atoms with van der Waals surface area (Å²) < 4.78 is 59.4. The molecule has 0 bridgehead atoms. The van der Waals surface area contributed by atoms with Crippen molar-refractivity contribution in [1.29, 1.82) is 0 Å². The van der Waals surface area contributed by atoms with Crippen molar-refractivity contribution in [1.82, 2.24) is 0 Å². The van der Waals surface area contributed by atoms with Crippen LogP contribution in [0.3, 0.4) is 0 Å². The molecule has 0 heterocycles. The van der Waals surface area contributed by atoms with Crippen LogP contribution in [0.4, 0.5) is 0 Å². The van der Waals surface area contributed by atoms with E-state index in [1.165, 1.54) is 0 Å². The third kappa shape index (κ3) is 61.9. The van der Waals surface area contributed by atoms with Gasteiger partial charge in [-0.3, -0.25) is 9.13 Å². The summed E-state index contributed by atoms with van der Waals surface area (Å²) >= 11 is 16.4. The maximum absolute atomic E-state index is 10.7. The van der Waals surface area contributed by atoms with E-state index in [4.69, 9.17) is 33.0 Å². The Kier molecular flexibility index (Phi) is 78.0. The molecule has 0 aliphatic carbocycles. The Hall–Kier alpha value is 4.92. The van der Waals surface area contributed by atoms with Crippen LogP contribution >= 0.6 is 85.4 Å². The summed E-state index contributed by atoms with van der Waals surface area (Å²) in [6.07, 6.45) is 0.178. The van der Waals surface area contributed by atoms with Gasteiger partial charge in [-0.15, -0.1) is 23.2 Å². The van der Waals surface area contributed by atoms with E-state index < -0.39 is 30.4 Å². The number of alkyl halides is 4. The Labute approximate surface area is 325 Å². The van der Waals surface area contributed by atoms with Gasteiger partial charge in [0.25, 0.3) is 0 Å². The van der Waals surface area contributed by atoms with Crippen molar-refractivity contribution in [2.75, 3.05) is 74.5 Å². The predicted molar refractivity (Wildman–Crippen MR) is 165 cm³/mol. The SMILES string of the molecule is CCOP(=O)(O)CCCl.CCOP(=O)(O)CCCl.COP(=O)([O-])CCBr.COP(=O)([O-])CCBr.[CH3-].[CH3-].[Mg+2].[Mg+2].[Zn].[Zn]. The number of hydrogen-bond acceptors (Lipinski definition) is 10. The van der Waals surface area contributed by atoms with Gasteiger partial charge >= 0.3 is 61.3 Å². The summed E-state index contributed by atoms with van der Waals surface area (Å²) in [5, 5.41) is 0.864. The molecule has 0 amide bonds. The van der Waals surface area contributed by atoms with E-state index in [0.29, 0.717) is 10.7 Å². The zero-order chi connectivity index (χ0) is 27.9. The van der Waals surface area contributed by atoms with Crippen LogP contribution in [0.5, 0.6) is 0 Å². The molecule has 0 saturated carbocycles. The summed E-state index contributed by atoms with van der Waals surface area (Å²) in [4.78, 5) is 38.3. The van der Waals surface area contributed by atoms with Gasteiger partial charge in [-0.2, -0.15) is 0 Å². The molecule has 0 fully saturated rings. The first-order chi connectivity index (χ1) is 15.5. The molecule has 0 aliphatic heterocycles. The van der Waals surface area contributed by atoms with Crippen molar-refractivity contribution < 1.29 is 94.9 Å². The molecular formula is C16H40Br2Cl2Mg2O12P4Zn2. The van der Waals surface area contributed by atoms with E-state index in [2.05, 4.69) is 50.0 Å². The maximum atomic E-state index is 10.7. The number of rotatable bonds is 14. The Bertz CT molecular complexity index is 613. The van der Waals surface area contributed by atoms with Crippen LogP contribution in [0, 0.1) is 14.9 Å². The van der Waals surface area contributed by atoms with Crippen LogP contribution in [0.1, 0.15) is 13.8 Å². The summed E-state index contributed by atoms with van der Waals surface area (Å²) in [6.45, 7) is 3.84. The Morgan fingerprint density at radius 1 is 0.675 bits per heavy atom. The summed E-state index contributed by atoms with van der Waals surface area (Å²) in [5.41, 5.74) is 0. The monoisotopic (exact) mass is 952 g/mol. The molecule has 0 saturated heterocycles. The van der Waals surface area contributed by atoms with Gasteiger partial charge in [-0.1, -0.05) is 31.9 Å². The Morgan fingerprint density at radius 3 is 1.00 bits per heavy atom. The molecule has 40 heavy (non-hydrogen) atoms. The predicted octanol–water partition coefficient (Wildman–Crippen LogP) is 4.19. The third-order valence-corrected chi connectivity index (χ3v) is 11.1. The summed E-state index contributed by atoms with van der Waals surface area (Å²) in [5.74, 6) is 0.321. The zero-order valence-electron chi connectivity index (χ0n) is 24.2. The summed E-state index contributed by atoms with van der Waals surface area (Å²) in [6, 6.07) is 0. The molecule has 0 radical (unpaired) electrons. The maximum Gasteiger partial charge on any atom is 2.00 e. The Balaban J connectivity index is -0.0000000358. The first kappa shape index (κ1) is 71.1. The quantitative estimate of drug-likeness (QED) is 0.109. The van der Waals surface area contributed by atoms with Crippen molar-refractivity contribution in [3.05, 3.63) is 14.9 Å². The smallest absolute Gasteiger partial charge is 0.778 e. The molecule has 2 N–H and O–H groups in total. The fraction of sp³-hybridized carbons (Fsp3) is 0.875. The first-order valence-electron chi connectivity index (χ1n) is 9.37. The van der Waals surface area contributed by atoms with Crippen molar-refractivity contribution >= 4 is 132 Å². The normalized spacial score (nSPS) is 14.9. The molecular weight excluding hydrogens is 918 g/mol. The van der Waals surface area contributed by atoms with E-state index in [9.17, 15) is 28.0 Å². The van der Waals surface area contributed by atoms with Gasteiger partial charge < -0.3 is 61.7 Å². The van der Waals surface area contributed by atoms with Gasteiger partial charge in [0.05, 0.1) is 25.5 Å². The molecule has 232 valence electrons. The fourth-order valence-electron chi connectivity index (χ4n) is 1.14. The average molecular weight is 958 g/mol. The molecule has 0 rings (SSSR count).